The Morgan fingerprint density at radius 3 is 2.38 bits per heavy atom. The molecule has 0 aliphatic carbocycles. The van der Waals surface area contributed by atoms with Gasteiger partial charge < -0.3 is 5.73 Å². The van der Waals surface area contributed by atoms with Gasteiger partial charge in [-0.3, -0.25) is 0 Å². The normalized spacial score (nSPS) is 12.8. The van der Waals surface area contributed by atoms with Crippen molar-refractivity contribution in [2.75, 3.05) is 0 Å². The van der Waals surface area contributed by atoms with Crippen LogP contribution in [0.4, 0.5) is 13.2 Å². The summed E-state index contributed by atoms with van der Waals surface area (Å²) in [6.07, 6.45) is 0. The van der Waals surface area contributed by atoms with Crippen LogP contribution < -0.4 is 5.73 Å². The molecule has 1 atom stereocenters. The van der Waals surface area contributed by atoms with Crippen LogP contribution in [0.25, 0.3) is 0 Å². The Kier molecular flexibility index (Phi) is 2.98. The summed E-state index contributed by atoms with van der Waals surface area (Å²) in [4.78, 5) is 0.586. The van der Waals surface area contributed by atoms with Gasteiger partial charge in [-0.25, -0.2) is 13.2 Å². The first-order valence-corrected chi connectivity index (χ1v) is 5.41. The zero-order chi connectivity index (χ0) is 11.7. The molecular weight excluding hydrogens is 235 g/mol. The van der Waals surface area contributed by atoms with E-state index in [-0.39, 0.29) is 0 Å². The van der Waals surface area contributed by atoms with E-state index < -0.39 is 29.1 Å². The molecule has 0 spiro atoms. The Morgan fingerprint density at radius 1 is 1.06 bits per heavy atom. The molecule has 2 rings (SSSR count). The van der Waals surface area contributed by atoms with Crippen LogP contribution in [0.1, 0.15) is 16.5 Å². The van der Waals surface area contributed by atoms with Gasteiger partial charge in [0.15, 0.2) is 11.6 Å². The summed E-state index contributed by atoms with van der Waals surface area (Å²) >= 11 is 1.27. The monoisotopic (exact) mass is 243 g/mol. The minimum absolute atomic E-state index is 0.428. The third kappa shape index (κ3) is 1.83. The van der Waals surface area contributed by atoms with Crippen LogP contribution >= 0.6 is 11.3 Å². The van der Waals surface area contributed by atoms with Crippen molar-refractivity contribution in [3.8, 4) is 0 Å². The number of thiophene rings is 1. The molecule has 16 heavy (non-hydrogen) atoms. The van der Waals surface area contributed by atoms with Gasteiger partial charge in [-0.05, 0) is 23.6 Å². The van der Waals surface area contributed by atoms with E-state index in [1.165, 1.54) is 11.3 Å². The number of rotatable bonds is 2. The topological polar surface area (TPSA) is 26.0 Å². The second-order valence-corrected chi connectivity index (χ2v) is 4.23. The number of hydrogen-bond donors (Lipinski definition) is 1. The maximum Gasteiger partial charge on any atom is 0.166 e. The van der Waals surface area contributed by atoms with E-state index in [1.54, 1.807) is 17.5 Å². The van der Waals surface area contributed by atoms with Gasteiger partial charge in [-0.15, -0.1) is 11.3 Å². The molecule has 1 nitrogen and oxygen atoms in total. The Bertz CT molecular complexity index is 496. The second kappa shape index (κ2) is 4.27. The standard InChI is InChI=1S/C11H8F3NS/c12-6-3-4-7(13)10(14)9(6)11(15)8-2-1-5-16-8/h1-5,11H,15H2/t11-/m1/s1. The van der Waals surface area contributed by atoms with Crippen molar-refractivity contribution in [2.24, 2.45) is 5.73 Å². The molecule has 0 saturated heterocycles. The molecule has 0 aliphatic heterocycles. The van der Waals surface area contributed by atoms with E-state index in [4.69, 9.17) is 5.73 Å². The Hall–Kier alpha value is -1.33. The van der Waals surface area contributed by atoms with Crippen LogP contribution in [-0.4, -0.2) is 0 Å². The van der Waals surface area contributed by atoms with E-state index in [0.29, 0.717) is 4.88 Å². The molecule has 0 saturated carbocycles. The van der Waals surface area contributed by atoms with Gasteiger partial charge in [0.1, 0.15) is 5.82 Å². The van der Waals surface area contributed by atoms with Gasteiger partial charge >= 0.3 is 0 Å². The predicted octanol–water partition coefficient (Wildman–Crippen LogP) is 3.21. The lowest BCUT2D eigenvalue weighted by molar-refractivity contribution is 0.474. The fourth-order valence-corrected chi connectivity index (χ4v) is 2.17. The summed E-state index contributed by atoms with van der Waals surface area (Å²) in [6, 6.07) is 4.01. The molecule has 1 aromatic carbocycles. The Morgan fingerprint density at radius 2 is 1.75 bits per heavy atom. The van der Waals surface area contributed by atoms with Crippen molar-refractivity contribution >= 4 is 11.3 Å². The van der Waals surface area contributed by atoms with Crippen LogP contribution in [0.3, 0.4) is 0 Å². The first-order chi connectivity index (χ1) is 7.61. The van der Waals surface area contributed by atoms with Crippen LogP contribution in [0.2, 0.25) is 0 Å². The summed E-state index contributed by atoms with van der Waals surface area (Å²) in [5, 5.41) is 1.74. The molecule has 84 valence electrons. The quantitative estimate of drug-likeness (QED) is 0.805. The minimum atomic E-state index is -1.22. The molecule has 0 unspecified atom stereocenters. The van der Waals surface area contributed by atoms with E-state index in [2.05, 4.69) is 0 Å². The van der Waals surface area contributed by atoms with Gasteiger partial charge in [-0.1, -0.05) is 6.07 Å². The molecule has 1 aromatic heterocycles. The van der Waals surface area contributed by atoms with Gasteiger partial charge in [0, 0.05) is 10.4 Å². The van der Waals surface area contributed by atoms with Crippen molar-refractivity contribution in [1.82, 2.24) is 0 Å². The van der Waals surface area contributed by atoms with Crippen molar-refractivity contribution in [2.45, 2.75) is 6.04 Å². The highest BCUT2D eigenvalue weighted by molar-refractivity contribution is 7.10. The summed E-state index contributed by atoms with van der Waals surface area (Å²) in [7, 11) is 0. The van der Waals surface area contributed by atoms with Crippen LogP contribution in [-0.2, 0) is 0 Å². The van der Waals surface area contributed by atoms with E-state index in [0.717, 1.165) is 12.1 Å². The predicted molar refractivity (Wildman–Crippen MR) is 56.7 cm³/mol. The minimum Gasteiger partial charge on any atom is -0.319 e. The van der Waals surface area contributed by atoms with Crippen LogP contribution in [0, 0.1) is 17.5 Å². The fourth-order valence-electron chi connectivity index (χ4n) is 1.44. The number of benzene rings is 1. The van der Waals surface area contributed by atoms with E-state index in [1.807, 2.05) is 0 Å². The highest BCUT2D eigenvalue weighted by Gasteiger charge is 2.21. The Balaban J connectivity index is 2.52. The van der Waals surface area contributed by atoms with Crippen LogP contribution in [0.5, 0.6) is 0 Å². The summed E-state index contributed by atoms with van der Waals surface area (Å²) < 4.78 is 39.8. The number of halogens is 3. The van der Waals surface area contributed by atoms with Crippen molar-refractivity contribution in [1.29, 1.82) is 0 Å². The molecule has 2 aromatic rings. The SMILES string of the molecule is N[C@H](c1cccs1)c1c(F)ccc(F)c1F. The largest absolute Gasteiger partial charge is 0.319 e. The zero-order valence-corrected chi connectivity index (χ0v) is 8.90. The van der Waals surface area contributed by atoms with Crippen LogP contribution in [0.15, 0.2) is 29.6 Å². The van der Waals surface area contributed by atoms with Crippen molar-refractivity contribution in [3.63, 3.8) is 0 Å². The fraction of sp³-hybridized carbons (Fsp3) is 0.0909. The molecule has 0 bridgehead atoms. The third-order valence-corrected chi connectivity index (χ3v) is 3.20. The smallest absolute Gasteiger partial charge is 0.166 e. The van der Waals surface area contributed by atoms with E-state index >= 15 is 0 Å². The van der Waals surface area contributed by atoms with Crippen molar-refractivity contribution in [3.05, 3.63) is 57.5 Å². The lowest BCUT2D eigenvalue weighted by Gasteiger charge is -2.12. The molecule has 5 heteroatoms. The third-order valence-electron chi connectivity index (χ3n) is 2.24. The lowest BCUT2D eigenvalue weighted by atomic mass is 10.0. The first kappa shape index (κ1) is 11.2. The molecule has 0 fully saturated rings. The second-order valence-electron chi connectivity index (χ2n) is 3.25. The maximum atomic E-state index is 13.4. The number of hydrogen-bond acceptors (Lipinski definition) is 2. The highest BCUT2D eigenvalue weighted by atomic mass is 32.1. The van der Waals surface area contributed by atoms with E-state index in [9.17, 15) is 13.2 Å². The van der Waals surface area contributed by atoms with Gasteiger partial charge in [0.25, 0.3) is 0 Å². The highest BCUT2D eigenvalue weighted by Crippen LogP contribution is 2.28. The lowest BCUT2D eigenvalue weighted by Crippen LogP contribution is -2.15. The summed E-state index contributed by atoms with van der Waals surface area (Å²) in [5.41, 5.74) is 5.27. The first-order valence-electron chi connectivity index (χ1n) is 4.53. The average Bonchev–Trinajstić information content (AvgIpc) is 2.77. The summed E-state index contributed by atoms with van der Waals surface area (Å²) in [6.45, 7) is 0. The van der Waals surface area contributed by atoms with Gasteiger partial charge in [0.05, 0.1) is 6.04 Å². The average molecular weight is 243 g/mol. The molecule has 2 N–H and O–H groups in total. The molecule has 0 amide bonds. The molecule has 1 heterocycles. The zero-order valence-electron chi connectivity index (χ0n) is 8.08. The molecule has 0 aliphatic rings. The van der Waals surface area contributed by atoms with Gasteiger partial charge in [0.2, 0.25) is 0 Å². The molecule has 0 radical (unpaired) electrons. The summed E-state index contributed by atoms with van der Waals surface area (Å²) in [5.74, 6) is -3.15. The molecular formula is C11H8F3NS. The Labute approximate surface area is 94.3 Å². The van der Waals surface area contributed by atoms with Gasteiger partial charge in [-0.2, -0.15) is 0 Å². The maximum absolute atomic E-state index is 13.4. The number of nitrogens with two attached hydrogens (primary N) is 1. The van der Waals surface area contributed by atoms with Crippen molar-refractivity contribution < 1.29 is 13.2 Å².